The second-order valence-corrected chi connectivity index (χ2v) is 3.02. The second-order valence-electron chi connectivity index (χ2n) is 2.61. The Bertz CT molecular complexity index is 412. The van der Waals surface area contributed by atoms with Crippen LogP contribution in [0.4, 0.5) is 0 Å². The number of methoxy groups -OCH3 is 3. The van der Waals surface area contributed by atoms with Gasteiger partial charge in [0.15, 0.2) is 17.2 Å². The lowest BCUT2D eigenvalue weighted by molar-refractivity contribution is 0.347. The number of nitrogens with zero attached hydrogens (tertiary/aromatic N) is 1. The Morgan fingerprint density at radius 2 is 1.73 bits per heavy atom. The molecular formula is C10H10ClNO3. The Labute approximate surface area is 92.9 Å². The summed E-state index contributed by atoms with van der Waals surface area (Å²) in [5, 5.41) is 9.29. The molecule has 0 spiro atoms. The van der Waals surface area contributed by atoms with Crippen LogP contribution < -0.4 is 14.2 Å². The lowest BCUT2D eigenvalue weighted by Crippen LogP contribution is -1.97. The van der Waals surface area contributed by atoms with Gasteiger partial charge in [0.2, 0.25) is 0 Å². The summed E-state index contributed by atoms with van der Waals surface area (Å²) < 4.78 is 15.1. The molecule has 4 nitrogen and oxygen atoms in total. The smallest absolute Gasteiger partial charge is 0.182 e. The predicted molar refractivity (Wildman–Crippen MR) is 55.8 cm³/mol. The SMILES string of the molecule is COc1cc(Cl)c(OC)c(C#N)c1OC. The molecule has 0 atom stereocenters. The van der Waals surface area contributed by atoms with Gasteiger partial charge in [0, 0.05) is 6.07 Å². The van der Waals surface area contributed by atoms with Crippen LogP contribution in [-0.4, -0.2) is 21.3 Å². The van der Waals surface area contributed by atoms with Gasteiger partial charge < -0.3 is 14.2 Å². The summed E-state index contributed by atoms with van der Waals surface area (Å²) in [5.41, 5.74) is 0.226. The van der Waals surface area contributed by atoms with E-state index < -0.39 is 0 Å². The third kappa shape index (κ3) is 1.92. The van der Waals surface area contributed by atoms with Crippen LogP contribution in [0, 0.1) is 11.3 Å². The van der Waals surface area contributed by atoms with Gasteiger partial charge in [0.05, 0.1) is 26.4 Å². The molecule has 0 saturated carbocycles. The first-order valence-electron chi connectivity index (χ1n) is 4.08. The van der Waals surface area contributed by atoms with E-state index >= 15 is 0 Å². The zero-order valence-corrected chi connectivity index (χ0v) is 9.38. The minimum absolute atomic E-state index is 0.226. The highest BCUT2D eigenvalue weighted by Crippen LogP contribution is 2.41. The number of hydrogen-bond donors (Lipinski definition) is 0. The highest BCUT2D eigenvalue weighted by molar-refractivity contribution is 6.32. The van der Waals surface area contributed by atoms with Crippen LogP contribution in [0.3, 0.4) is 0 Å². The Balaban J connectivity index is 3.54. The van der Waals surface area contributed by atoms with E-state index in [4.69, 9.17) is 31.1 Å². The molecule has 0 unspecified atom stereocenters. The van der Waals surface area contributed by atoms with Crippen molar-refractivity contribution < 1.29 is 14.2 Å². The zero-order valence-electron chi connectivity index (χ0n) is 8.63. The van der Waals surface area contributed by atoms with E-state index in [1.807, 2.05) is 6.07 Å². The second kappa shape index (κ2) is 4.76. The van der Waals surface area contributed by atoms with Crippen molar-refractivity contribution in [1.82, 2.24) is 0 Å². The normalized spacial score (nSPS) is 9.27. The van der Waals surface area contributed by atoms with E-state index in [1.54, 1.807) is 6.07 Å². The number of nitriles is 1. The predicted octanol–water partition coefficient (Wildman–Crippen LogP) is 2.24. The van der Waals surface area contributed by atoms with Crippen molar-refractivity contribution in [2.45, 2.75) is 0 Å². The minimum atomic E-state index is 0.226. The van der Waals surface area contributed by atoms with E-state index in [0.29, 0.717) is 16.5 Å². The largest absolute Gasteiger partial charge is 0.494 e. The molecule has 0 heterocycles. The molecule has 1 rings (SSSR count). The standard InChI is InChI=1S/C10H10ClNO3/c1-13-8-4-7(11)9(14-2)6(5-12)10(8)15-3/h4H,1-3H3. The summed E-state index contributed by atoms with van der Waals surface area (Å²) >= 11 is 5.91. The first-order chi connectivity index (χ1) is 7.19. The van der Waals surface area contributed by atoms with Gasteiger partial charge >= 0.3 is 0 Å². The van der Waals surface area contributed by atoms with Crippen molar-refractivity contribution >= 4 is 11.6 Å². The third-order valence-corrected chi connectivity index (χ3v) is 2.17. The molecule has 0 aliphatic rings. The van der Waals surface area contributed by atoms with Gasteiger partial charge in [-0.2, -0.15) is 5.26 Å². The minimum Gasteiger partial charge on any atom is -0.494 e. The summed E-state index contributed by atoms with van der Waals surface area (Å²) in [7, 11) is 4.36. The fraction of sp³-hybridized carbons (Fsp3) is 0.300. The summed E-state index contributed by atoms with van der Waals surface area (Å²) in [6, 6.07) is 3.51. The van der Waals surface area contributed by atoms with E-state index in [-0.39, 0.29) is 11.3 Å². The molecule has 0 aliphatic heterocycles. The quantitative estimate of drug-likeness (QED) is 0.795. The van der Waals surface area contributed by atoms with Gasteiger partial charge in [-0.25, -0.2) is 0 Å². The van der Waals surface area contributed by atoms with Gasteiger partial charge in [-0.05, 0) is 0 Å². The number of benzene rings is 1. The van der Waals surface area contributed by atoms with Gasteiger partial charge in [-0.15, -0.1) is 0 Å². The third-order valence-electron chi connectivity index (χ3n) is 1.89. The maximum Gasteiger partial charge on any atom is 0.182 e. The molecule has 1 aromatic carbocycles. The number of halogens is 1. The number of hydrogen-bond acceptors (Lipinski definition) is 4. The maximum atomic E-state index is 8.98. The molecule has 0 fully saturated rings. The summed E-state index contributed by atoms with van der Waals surface area (Å²) in [6.45, 7) is 0. The first kappa shape index (κ1) is 11.5. The van der Waals surface area contributed by atoms with Crippen molar-refractivity contribution in [3.8, 4) is 23.3 Å². The van der Waals surface area contributed by atoms with Crippen molar-refractivity contribution in [3.05, 3.63) is 16.7 Å². The molecule has 5 heteroatoms. The Hall–Kier alpha value is -1.60. The molecule has 0 radical (unpaired) electrons. The van der Waals surface area contributed by atoms with Gasteiger partial charge in [-0.1, -0.05) is 11.6 Å². The van der Waals surface area contributed by atoms with Crippen LogP contribution in [0.1, 0.15) is 5.56 Å². The van der Waals surface area contributed by atoms with E-state index in [9.17, 15) is 0 Å². The van der Waals surface area contributed by atoms with Crippen LogP contribution in [0.25, 0.3) is 0 Å². The van der Waals surface area contributed by atoms with Crippen molar-refractivity contribution in [1.29, 1.82) is 5.26 Å². The molecule has 0 N–H and O–H groups in total. The Kier molecular flexibility index (Phi) is 3.64. The lowest BCUT2D eigenvalue weighted by atomic mass is 10.1. The average Bonchev–Trinajstić information content (AvgIpc) is 2.27. The maximum absolute atomic E-state index is 8.98. The van der Waals surface area contributed by atoms with Crippen LogP contribution in [0.2, 0.25) is 5.02 Å². The fourth-order valence-corrected chi connectivity index (χ4v) is 1.52. The molecule has 0 aromatic heterocycles. The van der Waals surface area contributed by atoms with E-state index in [1.165, 1.54) is 21.3 Å². The zero-order chi connectivity index (χ0) is 11.4. The van der Waals surface area contributed by atoms with Crippen molar-refractivity contribution in [2.24, 2.45) is 0 Å². The fourth-order valence-electron chi connectivity index (χ4n) is 1.25. The molecule has 80 valence electrons. The van der Waals surface area contributed by atoms with Crippen LogP contribution in [-0.2, 0) is 0 Å². The van der Waals surface area contributed by atoms with E-state index in [0.717, 1.165) is 0 Å². The first-order valence-corrected chi connectivity index (χ1v) is 4.46. The molecule has 0 bridgehead atoms. The van der Waals surface area contributed by atoms with E-state index in [2.05, 4.69) is 0 Å². The van der Waals surface area contributed by atoms with Gasteiger partial charge in [0.1, 0.15) is 11.6 Å². The summed E-state index contributed by atoms with van der Waals surface area (Å²) in [5.74, 6) is 1.01. The van der Waals surface area contributed by atoms with Crippen LogP contribution in [0.15, 0.2) is 6.07 Å². The topological polar surface area (TPSA) is 51.5 Å². The monoisotopic (exact) mass is 227 g/mol. The highest BCUT2D eigenvalue weighted by atomic mass is 35.5. The molecule has 0 aliphatic carbocycles. The number of ether oxygens (including phenoxy) is 3. The van der Waals surface area contributed by atoms with Gasteiger partial charge in [-0.3, -0.25) is 0 Å². The molecule has 15 heavy (non-hydrogen) atoms. The highest BCUT2D eigenvalue weighted by Gasteiger charge is 2.19. The lowest BCUT2D eigenvalue weighted by Gasteiger charge is -2.13. The summed E-state index contributed by atoms with van der Waals surface area (Å²) in [6.07, 6.45) is 0. The molecular weight excluding hydrogens is 218 g/mol. The summed E-state index contributed by atoms with van der Waals surface area (Å²) in [4.78, 5) is 0. The Morgan fingerprint density at radius 3 is 2.13 bits per heavy atom. The van der Waals surface area contributed by atoms with Crippen LogP contribution >= 0.6 is 11.6 Å². The molecule has 1 aromatic rings. The van der Waals surface area contributed by atoms with Gasteiger partial charge in [0.25, 0.3) is 0 Å². The van der Waals surface area contributed by atoms with Crippen LogP contribution in [0.5, 0.6) is 17.2 Å². The average molecular weight is 228 g/mol. The van der Waals surface area contributed by atoms with Crippen molar-refractivity contribution in [3.63, 3.8) is 0 Å². The number of rotatable bonds is 3. The van der Waals surface area contributed by atoms with Crippen molar-refractivity contribution in [2.75, 3.05) is 21.3 Å². The molecule has 0 amide bonds. The Morgan fingerprint density at radius 1 is 1.13 bits per heavy atom. The molecule has 0 saturated heterocycles.